The summed E-state index contributed by atoms with van der Waals surface area (Å²) in [6, 6.07) is 11.4. The quantitative estimate of drug-likeness (QED) is 0.343. The van der Waals surface area contributed by atoms with Gasteiger partial charge in [0.1, 0.15) is 0 Å². The molecule has 0 unspecified atom stereocenters. The Morgan fingerprint density at radius 2 is 1.42 bits per heavy atom. The Bertz CT molecular complexity index is 1010. The van der Waals surface area contributed by atoms with Crippen LogP contribution in [0, 0.1) is 0 Å². The van der Waals surface area contributed by atoms with Crippen LogP contribution in [0.1, 0.15) is 30.9 Å². The van der Waals surface area contributed by atoms with Crippen molar-refractivity contribution in [3.8, 4) is 0 Å². The maximum Gasteiger partial charge on any atom is 0.250 e. The third-order valence-electron chi connectivity index (χ3n) is 5.73. The van der Waals surface area contributed by atoms with E-state index in [2.05, 4.69) is 22.5 Å². The summed E-state index contributed by atoms with van der Waals surface area (Å²) < 4.78 is 0. The van der Waals surface area contributed by atoms with Crippen molar-refractivity contribution in [1.82, 2.24) is 15.5 Å². The van der Waals surface area contributed by atoms with E-state index in [1.54, 1.807) is 6.07 Å². The van der Waals surface area contributed by atoms with Crippen LogP contribution in [0.15, 0.2) is 47.7 Å². The molecule has 2 aromatic carbocycles. The van der Waals surface area contributed by atoms with Gasteiger partial charge in [0.25, 0.3) is 0 Å². The third kappa shape index (κ3) is 7.80. The van der Waals surface area contributed by atoms with Crippen molar-refractivity contribution in [1.29, 1.82) is 0 Å². The van der Waals surface area contributed by atoms with E-state index < -0.39 is 0 Å². The second-order valence-corrected chi connectivity index (χ2v) is 9.78. The Labute approximate surface area is 216 Å². The molecule has 2 N–H and O–H groups in total. The summed E-state index contributed by atoms with van der Waals surface area (Å²) in [7, 11) is 0. The van der Waals surface area contributed by atoms with Gasteiger partial charge >= 0.3 is 0 Å². The van der Waals surface area contributed by atoms with Crippen molar-refractivity contribution in [2.75, 3.05) is 32.7 Å². The first kappa shape index (κ1) is 26.2. The van der Waals surface area contributed by atoms with Crippen LogP contribution < -0.4 is 10.6 Å². The fraction of sp³-hybridized carbons (Fsp3) is 0.400. The van der Waals surface area contributed by atoms with Crippen molar-refractivity contribution in [3.05, 3.63) is 78.9 Å². The third-order valence-corrected chi connectivity index (χ3v) is 7.20. The van der Waals surface area contributed by atoms with E-state index in [1.807, 2.05) is 30.3 Å². The monoisotopic (exact) mass is 527 g/mol. The molecule has 1 heterocycles. The number of carbonyl (C=O) groups excluding carboxylic acids is 1. The van der Waals surface area contributed by atoms with Gasteiger partial charge < -0.3 is 10.6 Å². The van der Waals surface area contributed by atoms with Gasteiger partial charge in [-0.3, -0.25) is 9.69 Å². The number of halogens is 4. The van der Waals surface area contributed by atoms with Gasteiger partial charge in [-0.15, -0.1) is 0 Å². The number of amides is 1. The lowest BCUT2D eigenvalue weighted by molar-refractivity contribution is -0.117. The number of nitrogens with zero attached hydrogens (tertiary/aromatic N) is 1. The minimum Gasteiger partial charge on any atom is -0.387 e. The molecule has 0 atom stereocenters. The first-order valence-corrected chi connectivity index (χ1v) is 12.7. The molecule has 0 saturated carbocycles. The fourth-order valence-electron chi connectivity index (χ4n) is 3.81. The van der Waals surface area contributed by atoms with Gasteiger partial charge in [0.15, 0.2) is 0 Å². The number of hydrogen-bond acceptors (Lipinski definition) is 3. The predicted molar refractivity (Wildman–Crippen MR) is 140 cm³/mol. The molecule has 2 aromatic rings. The highest BCUT2D eigenvalue weighted by molar-refractivity contribution is 6.42. The Morgan fingerprint density at radius 1 is 0.848 bits per heavy atom. The summed E-state index contributed by atoms with van der Waals surface area (Å²) in [6.07, 6.45) is 3.50. The normalized spacial score (nSPS) is 14.1. The molecule has 0 aromatic heterocycles. The molecule has 0 radical (unpaired) electrons. The summed E-state index contributed by atoms with van der Waals surface area (Å²) in [6.45, 7) is 5.86. The Kier molecular flexibility index (Phi) is 10.2. The molecule has 1 aliphatic rings. The first-order valence-electron chi connectivity index (χ1n) is 11.2. The maximum absolute atomic E-state index is 12.8. The average molecular weight is 529 g/mol. The molecule has 0 bridgehead atoms. The topological polar surface area (TPSA) is 44.4 Å². The molecule has 33 heavy (non-hydrogen) atoms. The molecule has 3 rings (SSSR count). The highest BCUT2D eigenvalue weighted by atomic mass is 35.5. The number of aryl methyl sites for hydroxylation is 2. The van der Waals surface area contributed by atoms with Gasteiger partial charge in [0.2, 0.25) is 5.91 Å². The molecule has 1 aliphatic heterocycles. The number of likely N-dealkylation sites (N-methyl/N-ethyl adjacent to an activating group) is 1. The minimum absolute atomic E-state index is 0.00655. The Morgan fingerprint density at radius 3 is 1.97 bits per heavy atom. The molecular formula is C25H29Cl4N3O. The predicted octanol–water partition coefficient (Wildman–Crippen LogP) is 6.16. The Hall–Kier alpha value is -1.43. The molecule has 0 saturated heterocycles. The molecular weight excluding hydrogens is 500 g/mol. The Balaban J connectivity index is 1.47. The number of nitrogens with one attached hydrogen (secondary N) is 2. The molecule has 0 aliphatic carbocycles. The maximum atomic E-state index is 12.8. The van der Waals surface area contributed by atoms with Crippen LogP contribution in [0.3, 0.4) is 0 Å². The lowest BCUT2D eigenvalue weighted by Crippen LogP contribution is -2.30. The summed E-state index contributed by atoms with van der Waals surface area (Å²) in [5.41, 5.74) is 4.12. The van der Waals surface area contributed by atoms with Crippen molar-refractivity contribution in [2.45, 2.75) is 32.6 Å². The highest BCUT2D eigenvalue weighted by Crippen LogP contribution is 2.24. The SMILES string of the molecule is CCN1CC(NCCCc2ccc(Cl)c(Cl)c2)=C(C(=O)NCCCc2ccc(Cl)c(Cl)c2)C1. The second kappa shape index (κ2) is 12.9. The molecule has 178 valence electrons. The average Bonchev–Trinajstić information content (AvgIpc) is 3.22. The van der Waals surface area contributed by atoms with Crippen molar-refractivity contribution < 1.29 is 4.79 Å². The second-order valence-electron chi connectivity index (χ2n) is 8.15. The number of carbonyl (C=O) groups is 1. The first-order chi connectivity index (χ1) is 15.9. The van der Waals surface area contributed by atoms with Gasteiger partial charge in [0, 0.05) is 31.9 Å². The zero-order chi connectivity index (χ0) is 23.8. The molecule has 4 nitrogen and oxygen atoms in total. The van der Waals surface area contributed by atoms with E-state index >= 15 is 0 Å². The zero-order valence-corrected chi connectivity index (χ0v) is 21.7. The van der Waals surface area contributed by atoms with E-state index in [0.29, 0.717) is 33.2 Å². The summed E-state index contributed by atoms with van der Waals surface area (Å²) in [5.74, 6) is 0.00655. The van der Waals surface area contributed by atoms with Crippen LogP contribution >= 0.6 is 46.4 Å². The standard InChI is InChI=1S/C25H29Cl4N3O/c1-2-32-15-19(25(33)31-12-4-6-18-8-10-21(27)23(29)14-18)24(16-32)30-11-3-5-17-7-9-20(26)22(28)13-17/h7-10,13-14,30H,2-6,11-12,15-16H2,1H3,(H,31,33). The lowest BCUT2D eigenvalue weighted by Gasteiger charge is -2.13. The summed E-state index contributed by atoms with van der Waals surface area (Å²) >= 11 is 24.1. The van der Waals surface area contributed by atoms with Gasteiger partial charge in [-0.2, -0.15) is 0 Å². The van der Waals surface area contributed by atoms with Gasteiger partial charge in [-0.25, -0.2) is 0 Å². The molecule has 1 amide bonds. The van der Waals surface area contributed by atoms with E-state index in [-0.39, 0.29) is 5.91 Å². The van der Waals surface area contributed by atoms with Crippen LogP contribution in [-0.4, -0.2) is 43.5 Å². The van der Waals surface area contributed by atoms with Crippen molar-refractivity contribution >= 4 is 52.3 Å². The summed E-state index contributed by atoms with van der Waals surface area (Å²) in [4.78, 5) is 15.1. The van der Waals surface area contributed by atoms with Gasteiger partial charge in [0.05, 0.1) is 25.7 Å². The molecule has 0 fully saturated rings. The van der Waals surface area contributed by atoms with Crippen molar-refractivity contribution in [2.24, 2.45) is 0 Å². The van der Waals surface area contributed by atoms with Crippen LogP contribution in [0.5, 0.6) is 0 Å². The van der Waals surface area contributed by atoms with Crippen LogP contribution in [0.25, 0.3) is 0 Å². The number of rotatable bonds is 11. The van der Waals surface area contributed by atoms with Gasteiger partial charge in [-0.1, -0.05) is 65.5 Å². The molecule has 8 heteroatoms. The van der Waals surface area contributed by atoms with Crippen LogP contribution in [0.2, 0.25) is 20.1 Å². The number of benzene rings is 2. The summed E-state index contributed by atoms with van der Waals surface area (Å²) in [5, 5.41) is 8.83. The van der Waals surface area contributed by atoms with Crippen molar-refractivity contribution in [3.63, 3.8) is 0 Å². The van der Waals surface area contributed by atoms with E-state index in [1.165, 1.54) is 0 Å². The highest BCUT2D eigenvalue weighted by Gasteiger charge is 2.25. The van der Waals surface area contributed by atoms with Crippen LogP contribution in [0.4, 0.5) is 0 Å². The smallest absolute Gasteiger partial charge is 0.250 e. The fourth-order valence-corrected chi connectivity index (χ4v) is 4.45. The largest absolute Gasteiger partial charge is 0.387 e. The zero-order valence-electron chi connectivity index (χ0n) is 18.7. The van der Waals surface area contributed by atoms with Gasteiger partial charge in [-0.05, 0) is 67.6 Å². The molecule has 0 spiro atoms. The number of hydrogen-bond donors (Lipinski definition) is 2. The lowest BCUT2D eigenvalue weighted by atomic mass is 10.1. The van der Waals surface area contributed by atoms with Crippen LogP contribution in [-0.2, 0) is 17.6 Å². The van der Waals surface area contributed by atoms with E-state index in [9.17, 15) is 4.79 Å². The van der Waals surface area contributed by atoms with E-state index in [4.69, 9.17) is 46.4 Å². The van der Waals surface area contributed by atoms with E-state index in [0.717, 1.165) is 67.7 Å². The minimum atomic E-state index is 0.00655.